The Labute approximate surface area is 165 Å². The van der Waals surface area contributed by atoms with Crippen LogP contribution in [0, 0.1) is 28.1 Å². The van der Waals surface area contributed by atoms with Gasteiger partial charge in [0.05, 0.1) is 17.6 Å². The Morgan fingerprint density at radius 3 is 2.86 bits per heavy atom. The third-order valence-electron chi connectivity index (χ3n) is 5.08. The summed E-state index contributed by atoms with van der Waals surface area (Å²) in [5.41, 5.74) is 1.34. The fourth-order valence-electron chi connectivity index (χ4n) is 3.44. The molecule has 0 saturated carbocycles. The van der Waals surface area contributed by atoms with Crippen LogP contribution < -0.4 is 10.6 Å². The molecule has 3 atom stereocenters. The largest absolute Gasteiger partial charge is 0.367 e. The number of carbonyl (C=O) groups excluding carboxylic acids is 1. The Balaban J connectivity index is 1.64. The second kappa shape index (κ2) is 9.32. The van der Waals surface area contributed by atoms with Crippen molar-refractivity contribution in [3.05, 3.63) is 54.1 Å². The lowest BCUT2D eigenvalue weighted by molar-refractivity contribution is -0.132. The van der Waals surface area contributed by atoms with Crippen LogP contribution in [0.1, 0.15) is 24.8 Å². The van der Waals surface area contributed by atoms with E-state index in [0.29, 0.717) is 19.6 Å². The van der Waals surface area contributed by atoms with Crippen LogP contribution in [0.15, 0.2) is 48.6 Å². The molecule has 0 bridgehead atoms. The molecule has 1 aliphatic carbocycles. The van der Waals surface area contributed by atoms with Crippen molar-refractivity contribution in [3.8, 4) is 12.1 Å². The van der Waals surface area contributed by atoms with E-state index in [9.17, 15) is 15.3 Å². The van der Waals surface area contributed by atoms with Crippen molar-refractivity contribution in [2.75, 3.05) is 19.7 Å². The van der Waals surface area contributed by atoms with Gasteiger partial charge in [0.1, 0.15) is 12.1 Å². The number of hydrogen-bond acceptors (Lipinski definition) is 5. The predicted octanol–water partition coefficient (Wildman–Crippen LogP) is 2.32. The van der Waals surface area contributed by atoms with E-state index in [4.69, 9.17) is 4.74 Å². The van der Waals surface area contributed by atoms with Crippen molar-refractivity contribution in [1.82, 2.24) is 10.6 Å². The second-order valence-electron chi connectivity index (χ2n) is 7.14. The fraction of sp³-hybridized carbons (Fsp3) is 0.409. The van der Waals surface area contributed by atoms with Crippen molar-refractivity contribution < 1.29 is 9.53 Å². The minimum absolute atomic E-state index is 0.237. The summed E-state index contributed by atoms with van der Waals surface area (Å²) in [4.78, 5) is 12.5. The van der Waals surface area contributed by atoms with Gasteiger partial charge in [-0.15, -0.1) is 0 Å². The lowest BCUT2D eigenvalue weighted by Gasteiger charge is -2.28. The molecule has 1 aromatic carbocycles. The fourth-order valence-corrected chi connectivity index (χ4v) is 3.44. The molecule has 1 fully saturated rings. The van der Waals surface area contributed by atoms with Gasteiger partial charge in [0.2, 0.25) is 0 Å². The summed E-state index contributed by atoms with van der Waals surface area (Å²) in [5, 5.41) is 25.2. The molecule has 1 aromatic rings. The van der Waals surface area contributed by atoms with Gasteiger partial charge in [0.15, 0.2) is 0 Å². The Morgan fingerprint density at radius 2 is 2.18 bits per heavy atom. The highest BCUT2D eigenvalue weighted by molar-refractivity contribution is 5.81. The molecule has 1 amide bonds. The topological polar surface area (TPSA) is 97.9 Å². The maximum absolute atomic E-state index is 12.5. The zero-order valence-corrected chi connectivity index (χ0v) is 15.7. The van der Waals surface area contributed by atoms with Gasteiger partial charge in [-0.05, 0) is 30.5 Å². The van der Waals surface area contributed by atoms with Crippen LogP contribution in [-0.2, 0) is 9.53 Å². The lowest BCUT2D eigenvalue weighted by Crippen LogP contribution is -2.46. The van der Waals surface area contributed by atoms with Crippen molar-refractivity contribution in [2.24, 2.45) is 5.41 Å². The summed E-state index contributed by atoms with van der Waals surface area (Å²) in [6.07, 6.45) is 6.78. The first kappa shape index (κ1) is 19.8. The number of nitriles is 2. The Bertz CT molecular complexity index is 826. The van der Waals surface area contributed by atoms with Gasteiger partial charge in [-0.1, -0.05) is 48.6 Å². The van der Waals surface area contributed by atoms with Crippen LogP contribution in [0.25, 0.3) is 5.57 Å². The normalized spacial score (nSPS) is 25.5. The quantitative estimate of drug-likeness (QED) is 0.822. The van der Waals surface area contributed by atoms with Gasteiger partial charge in [-0.25, -0.2) is 0 Å². The van der Waals surface area contributed by atoms with Crippen LogP contribution >= 0.6 is 0 Å². The minimum atomic E-state index is -0.811. The molecule has 28 heavy (non-hydrogen) atoms. The molecule has 1 unspecified atom stereocenters. The van der Waals surface area contributed by atoms with Gasteiger partial charge in [0, 0.05) is 19.6 Å². The van der Waals surface area contributed by atoms with E-state index in [2.05, 4.69) is 22.8 Å². The molecule has 6 heteroatoms. The van der Waals surface area contributed by atoms with Crippen LogP contribution in [-0.4, -0.2) is 37.7 Å². The third-order valence-corrected chi connectivity index (χ3v) is 5.08. The van der Waals surface area contributed by atoms with Crippen LogP contribution in [0.2, 0.25) is 0 Å². The summed E-state index contributed by atoms with van der Waals surface area (Å²) >= 11 is 0. The molecule has 2 N–H and O–H groups in total. The number of amides is 1. The number of carbonyl (C=O) groups is 1. The summed E-state index contributed by atoms with van der Waals surface area (Å²) in [7, 11) is 0. The van der Waals surface area contributed by atoms with E-state index in [0.717, 1.165) is 24.1 Å². The highest BCUT2D eigenvalue weighted by atomic mass is 16.5. The number of allylic oxidation sites excluding steroid dienone is 4. The zero-order valence-electron chi connectivity index (χ0n) is 15.7. The zero-order chi connectivity index (χ0) is 19.8. The maximum Gasteiger partial charge on any atom is 0.251 e. The summed E-state index contributed by atoms with van der Waals surface area (Å²) < 4.78 is 5.54. The average Bonchev–Trinajstić information content (AvgIpc) is 3.04. The summed E-state index contributed by atoms with van der Waals surface area (Å²) in [6.45, 7) is 1.75. The van der Waals surface area contributed by atoms with Crippen molar-refractivity contribution in [3.63, 3.8) is 0 Å². The minimum Gasteiger partial charge on any atom is -0.367 e. The average molecular weight is 376 g/mol. The van der Waals surface area contributed by atoms with Crippen molar-refractivity contribution in [2.45, 2.75) is 31.4 Å². The first-order chi connectivity index (χ1) is 13.7. The first-order valence-corrected chi connectivity index (χ1v) is 9.54. The van der Waals surface area contributed by atoms with E-state index in [1.54, 1.807) is 0 Å². The monoisotopic (exact) mass is 376 g/mol. The van der Waals surface area contributed by atoms with E-state index in [1.165, 1.54) is 0 Å². The van der Waals surface area contributed by atoms with Crippen LogP contribution in [0.4, 0.5) is 0 Å². The van der Waals surface area contributed by atoms with Crippen molar-refractivity contribution >= 4 is 11.5 Å². The van der Waals surface area contributed by atoms with Gasteiger partial charge in [-0.3, -0.25) is 4.79 Å². The molecule has 0 radical (unpaired) electrons. The van der Waals surface area contributed by atoms with E-state index in [-0.39, 0.29) is 12.3 Å². The van der Waals surface area contributed by atoms with E-state index < -0.39 is 17.6 Å². The molecule has 144 valence electrons. The maximum atomic E-state index is 12.5. The molecule has 2 aliphatic rings. The smallest absolute Gasteiger partial charge is 0.251 e. The van der Waals surface area contributed by atoms with Gasteiger partial charge < -0.3 is 15.4 Å². The number of ether oxygens (including phenoxy) is 1. The first-order valence-electron chi connectivity index (χ1n) is 9.54. The molecule has 3 rings (SSSR count). The van der Waals surface area contributed by atoms with E-state index >= 15 is 0 Å². The predicted molar refractivity (Wildman–Crippen MR) is 106 cm³/mol. The summed E-state index contributed by atoms with van der Waals surface area (Å²) in [5.74, 6) is -0.311. The van der Waals surface area contributed by atoms with Crippen LogP contribution in [0.3, 0.4) is 0 Å². The molecule has 0 spiro atoms. The number of benzene rings is 1. The molecular formula is C22H24N4O2. The molecular weight excluding hydrogens is 352 g/mol. The molecule has 6 nitrogen and oxygen atoms in total. The number of hydrogen-bond donors (Lipinski definition) is 2. The number of nitrogens with zero attached hydrogens (tertiary/aromatic N) is 2. The highest BCUT2D eigenvalue weighted by Crippen LogP contribution is 2.36. The third kappa shape index (κ3) is 4.86. The van der Waals surface area contributed by atoms with Crippen molar-refractivity contribution in [1.29, 1.82) is 10.5 Å². The van der Waals surface area contributed by atoms with Crippen LogP contribution in [0.5, 0.6) is 0 Å². The summed E-state index contributed by atoms with van der Waals surface area (Å²) in [6, 6.07) is 13.7. The number of rotatable bonds is 5. The SMILES string of the molecule is N#C[C@H](CC1(C#N)C=CC(c2ccccc2)=CC1)NC(=O)[C@@H]1CNCCCO1. The number of nitrogens with one attached hydrogen (secondary N) is 2. The Kier molecular flexibility index (Phi) is 6.60. The molecule has 1 aliphatic heterocycles. The Hall–Kier alpha value is -2.93. The van der Waals surface area contributed by atoms with E-state index in [1.807, 2.05) is 48.6 Å². The van der Waals surface area contributed by atoms with Gasteiger partial charge >= 0.3 is 0 Å². The molecule has 0 aromatic heterocycles. The van der Waals surface area contributed by atoms with Gasteiger partial charge in [0.25, 0.3) is 5.91 Å². The second-order valence-corrected chi connectivity index (χ2v) is 7.14. The lowest BCUT2D eigenvalue weighted by atomic mass is 9.76. The Morgan fingerprint density at radius 1 is 1.36 bits per heavy atom. The standard InChI is InChI=1S/C22H24N4O2/c23-14-19(26-21(27)20-15-25-11-4-12-28-20)13-22(16-24)9-7-18(8-10-22)17-5-2-1-3-6-17/h1-3,5-9,19-20,25H,4,10-13,15H2,(H,26,27)/t19-,20-,22?/m0/s1. The highest BCUT2D eigenvalue weighted by Gasteiger charge is 2.33. The molecule has 1 saturated heterocycles. The van der Waals surface area contributed by atoms with Gasteiger partial charge in [-0.2, -0.15) is 10.5 Å². The molecule has 1 heterocycles.